The SMILES string of the molecule is C=NC[C@]1(COP(=O)(O)OC[C@@H](CCCCCCCCCCCCCCCCCCC)OCc2cc(F)cc(C#N)c2)O[C@@H](c2ccc3c(N)ncnn23)[C@H](O)[C@@H]1O. The minimum Gasteiger partial charge on any atom is -0.387 e. The molecule has 14 nitrogen and oxygen atoms in total. The summed E-state index contributed by atoms with van der Waals surface area (Å²) in [5.41, 5.74) is 5.60. The highest BCUT2D eigenvalue weighted by Gasteiger charge is 2.56. The fraction of sp³-hybridized carbons (Fsp3) is 0.667. The molecule has 0 radical (unpaired) electrons. The molecule has 1 aromatic carbocycles. The summed E-state index contributed by atoms with van der Waals surface area (Å²) in [4.78, 5) is 18.6. The number of ether oxygens (including phenoxy) is 2. The van der Waals surface area contributed by atoms with Gasteiger partial charge in [0.05, 0.1) is 49.8 Å². The zero-order valence-corrected chi connectivity index (χ0v) is 35.0. The van der Waals surface area contributed by atoms with Crippen molar-refractivity contribution < 1.29 is 42.6 Å². The second kappa shape index (κ2) is 24.7. The Morgan fingerprint density at radius 1 is 1.00 bits per heavy atom. The van der Waals surface area contributed by atoms with Gasteiger partial charge in [0.1, 0.15) is 41.6 Å². The van der Waals surface area contributed by atoms with Crippen LogP contribution in [0.3, 0.4) is 0 Å². The van der Waals surface area contributed by atoms with Crippen molar-refractivity contribution in [2.45, 2.75) is 159 Å². The first-order valence-corrected chi connectivity index (χ1v) is 22.5. The summed E-state index contributed by atoms with van der Waals surface area (Å²) in [6, 6.07) is 9.11. The quantitative estimate of drug-likeness (QED) is 0.0284. The highest BCUT2D eigenvalue weighted by atomic mass is 31.2. The van der Waals surface area contributed by atoms with Crippen molar-refractivity contribution in [1.29, 1.82) is 5.26 Å². The number of aliphatic hydroxyl groups is 2. The number of aromatic nitrogens is 3. The number of anilines is 1. The molecule has 0 aliphatic carbocycles. The first-order valence-electron chi connectivity index (χ1n) is 21.0. The molecular formula is C42H64FN6O8P. The summed E-state index contributed by atoms with van der Waals surface area (Å²) in [6.45, 7) is 4.40. The predicted molar refractivity (Wildman–Crippen MR) is 221 cm³/mol. The molecule has 0 amide bonds. The van der Waals surface area contributed by atoms with E-state index in [-0.39, 0.29) is 31.1 Å². The molecular weight excluding hydrogens is 766 g/mol. The molecule has 3 heterocycles. The van der Waals surface area contributed by atoms with Gasteiger partial charge in [-0.1, -0.05) is 116 Å². The standard InChI is InChI=1S/C42H64FN6O8P/c1-3-4-5-6-7-8-9-10-11-12-13-14-15-16-17-18-19-20-35(54-27-33-23-32(26-44)24-34(43)25-33)28-55-58(52,53)56-30-42(29-46-2)40(51)38(50)39(57-42)36-21-22-37-41(45)47-31-48-49(36)37/h21-25,31,35,38-40,50-51H,2-20,27-30H2,1H3,(H,52,53)(H2,45,47,48)/t35-,38+,39+,40+,42-/m1/s1. The van der Waals surface area contributed by atoms with Gasteiger partial charge in [-0.05, 0) is 49.0 Å². The zero-order valence-electron chi connectivity index (χ0n) is 34.1. The van der Waals surface area contributed by atoms with Crippen molar-refractivity contribution in [2.75, 3.05) is 25.5 Å². The van der Waals surface area contributed by atoms with E-state index in [1.165, 1.54) is 106 Å². The number of nitrogens with zero attached hydrogens (tertiary/aromatic N) is 5. The second-order valence-electron chi connectivity index (χ2n) is 15.5. The number of benzene rings is 1. The average Bonchev–Trinajstić information content (AvgIpc) is 3.74. The van der Waals surface area contributed by atoms with E-state index in [4.69, 9.17) is 24.3 Å². The van der Waals surface area contributed by atoms with Crippen molar-refractivity contribution in [2.24, 2.45) is 4.99 Å². The lowest BCUT2D eigenvalue weighted by Crippen LogP contribution is -2.49. The van der Waals surface area contributed by atoms with E-state index >= 15 is 0 Å². The van der Waals surface area contributed by atoms with Gasteiger partial charge in [0, 0.05) is 0 Å². The van der Waals surface area contributed by atoms with Gasteiger partial charge in [0.15, 0.2) is 5.82 Å². The number of unbranched alkanes of at least 4 members (excludes halogenated alkanes) is 16. The molecule has 1 fully saturated rings. The number of phosphoric ester groups is 1. The third-order valence-electron chi connectivity index (χ3n) is 10.8. The zero-order chi connectivity index (χ0) is 41.8. The first-order chi connectivity index (χ1) is 28.0. The van der Waals surface area contributed by atoms with Crippen molar-refractivity contribution >= 4 is 25.9 Å². The van der Waals surface area contributed by atoms with Crippen LogP contribution in [0.15, 0.2) is 41.7 Å². The van der Waals surface area contributed by atoms with E-state index in [0.717, 1.165) is 31.7 Å². The lowest BCUT2D eigenvalue weighted by Gasteiger charge is -2.30. The lowest BCUT2D eigenvalue weighted by molar-refractivity contribution is -0.106. The van der Waals surface area contributed by atoms with Crippen LogP contribution in [0.1, 0.15) is 145 Å². The second-order valence-corrected chi connectivity index (χ2v) is 17.0. The molecule has 58 heavy (non-hydrogen) atoms. The van der Waals surface area contributed by atoms with Crippen LogP contribution < -0.4 is 5.73 Å². The van der Waals surface area contributed by atoms with Gasteiger partial charge < -0.3 is 30.3 Å². The van der Waals surface area contributed by atoms with Crippen LogP contribution in [0.2, 0.25) is 0 Å². The Morgan fingerprint density at radius 3 is 2.22 bits per heavy atom. The van der Waals surface area contributed by atoms with E-state index < -0.39 is 50.3 Å². The highest BCUT2D eigenvalue weighted by molar-refractivity contribution is 7.47. The maximum atomic E-state index is 14.1. The summed E-state index contributed by atoms with van der Waals surface area (Å²) in [7, 11) is -4.79. The number of nitrogen functional groups attached to an aromatic ring is 1. The Hall–Kier alpha value is -3.32. The van der Waals surface area contributed by atoms with Crippen LogP contribution in [0, 0.1) is 17.1 Å². The first kappa shape index (κ1) is 47.4. The largest absolute Gasteiger partial charge is 0.472 e. The molecule has 1 aliphatic rings. The Kier molecular flexibility index (Phi) is 20.2. The molecule has 1 aliphatic heterocycles. The fourth-order valence-electron chi connectivity index (χ4n) is 7.51. The smallest absolute Gasteiger partial charge is 0.387 e. The minimum absolute atomic E-state index is 0.0472. The molecule has 3 aromatic rings. The number of aliphatic hydroxyl groups excluding tert-OH is 2. The Labute approximate surface area is 342 Å². The summed E-state index contributed by atoms with van der Waals surface area (Å²) >= 11 is 0. The number of fused-ring (bicyclic) bond motifs is 1. The van der Waals surface area contributed by atoms with Crippen LogP contribution in [-0.4, -0.2) is 80.1 Å². The third-order valence-corrected chi connectivity index (χ3v) is 11.7. The van der Waals surface area contributed by atoms with Crippen molar-refractivity contribution in [3.63, 3.8) is 0 Å². The molecule has 6 atom stereocenters. The topological polar surface area (TPSA) is 207 Å². The molecule has 2 aromatic heterocycles. The lowest BCUT2D eigenvalue weighted by atomic mass is 9.95. The Bertz CT molecular complexity index is 1780. The van der Waals surface area contributed by atoms with Crippen LogP contribution in [0.5, 0.6) is 0 Å². The number of halogens is 1. The van der Waals surface area contributed by atoms with Gasteiger partial charge >= 0.3 is 7.82 Å². The number of hydrogen-bond acceptors (Lipinski definition) is 12. The molecule has 0 bridgehead atoms. The molecule has 1 saturated heterocycles. The number of nitriles is 1. The minimum atomic E-state index is -4.79. The number of aliphatic imine (C=N–C) groups is 1. The van der Waals surface area contributed by atoms with Gasteiger partial charge in [-0.3, -0.25) is 14.0 Å². The van der Waals surface area contributed by atoms with E-state index in [9.17, 15) is 29.3 Å². The van der Waals surface area contributed by atoms with Crippen LogP contribution in [-0.2, 0) is 29.7 Å². The normalized spacial score (nSPS) is 20.9. The van der Waals surface area contributed by atoms with E-state index in [0.29, 0.717) is 23.2 Å². The summed E-state index contributed by atoms with van der Waals surface area (Å²) in [6.07, 6.45) is 17.9. The summed E-state index contributed by atoms with van der Waals surface area (Å²) in [5, 5.41) is 35.7. The predicted octanol–water partition coefficient (Wildman–Crippen LogP) is 8.32. The maximum Gasteiger partial charge on any atom is 0.472 e. The summed E-state index contributed by atoms with van der Waals surface area (Å²) in [5.74, 6) is -0.369. The molecule has 16 heteroatoms. The van der Waals surface area contributed by atoms with Crippen LogP contribution in [0.4, 0.5) is 10.2 Å². The molecule has 0 saturated carbocycles. The fourth-order valence-corrected chi connectivity index (χ4v) is 8.32. The van der Waals surface area contributed by atoms with Gasteiger partial charge in [0.2, 0.25) is 0 Å². The van der Waals surface area contributed by atoms with E-state index in [1.807, 2.05) is 6.07 Å². The third kappa shape index (κ3) is 14.7. The van der Waals surface area contributed by atoms with Gasteiger partial charge in [-0.25, -0.2) is 18.5 Å². The van der Waals surface area contributed by atoms with E-state index in [2.05, 4.69) is 28.7 Å². The molecule has 4 rings (SSSR count). The Balaban J connectivity index is 1.24. The number of phosphoric acid groups is 1. The molecule has 0 spiro atoms. The van der Waals surface area contributed by atoms with Crippen molar-refractivity contribution in [3.8, 4) is 6.07 Å². The monoisotopic (exact) mass is 830 g/mol. The highest BCUT2D eigenvalue weighted by Crippen LogP contribution is 2.48. The van der Waals surface area contributed by atoms with Crippen LogP contribution >= 0.6 is 7.82 Å². The van der Waals surface area contributed by atoms with Crippen LogP contribution in [0.25, 0.3) is 5.52 Å². The van der Waals surface area contributed by atoms with Gasteiger partial charge in [-0.2, -0.15) is 10.4 Å². The molecule has 322 valence electrons. The average molecular weight is 831 g/mol. The van der Waals surface area contributed by atoms with E-state index in [1.54, 1.807) is 12.1 Å². The molecule has 1 unspecified atom stereocenters. The Morgan fingerprint density at radius 2 is 1.62 bits per heavy atom. The van der Waals surface area contributed by atoms with Gasteiger partial charge in [0.25, 0.3) is 0 Å². The van der Waals surface area contributed by atoms with Crippen molar-refractivity contribution in [1.82, 2.24) is 14.6 Å². The maximum absolute atomic E-state index is 14.1. The molecule has 5 N–H and O–H groups in total. The van der Waals surface area contributed by atoms with Crippen molar-refractivity contribution in [3.05, 3.63) is 59.3 Å². The summed E-state index contributed by atoms with van der Waals surface area (Å²) < 4.78 is 51.8. The number of hydrogen-bond donors (Lipinski definition) is 4. The number of rotatable bonds is 30. The van der Waals surface area contributed by atoms with Gasteiger partial charge in [-0.15, -0.1) is 0 Å². The number of nitrogens with two attached hydrogens (primary N) is 1.